The van der Waals surface area contributed by atoms with Gasteiger partial charge < -0.3 is 5.73 Å². The Bertz CT molecular complexity index is 628. The van der Waals surface area contributed by atoms with Crippen molar-refractivity contribution in [2.45, 2.75) is 0 Å². The molecule has 1 aromatic heterocycles. The second-order valence-corrected chi connectivity index (χ2v) is 3.96. The molecule has 0 spiro atoms. The average Bonchev–Trinajstić information content (AvgIpc) is 2.45. The number of nitrogens with zero attached hydrogens (tertiary/aromatic N) is 2. The molecule has 0 saturated heterocycles. The number of nitrogen functional groups attached to an aromatic ring is 1. The molecule has 3 heteroatoms. The van der Waals surface area contributed by atoms with E-state index in [0.717, 1.165) is 22.5 Å². The first-order chi connectivity index (χ1) is 9.24. The second-order valence-electron chi connectivity index (χ2n) is 3.96. The number of aliphatic imine (C=N–C) groups is 1. The van der Waals surface area contributed by atoms with Crippen LogP contribution in [0, 0.1) is 0 Å². The third kappa shape index (κ3) is 2.96. The Hall–Kier alpha value is -2.68. The Kier molecular flexibility index (Phi) is 3.88. The zero-order valence-corrected chi connectivity index (χ0v) is 10.6. The fraction of sp³-hybridized carbons (Fsp3) is 0. The van der Waals surface area contributed by atoms with Gasteiger partial charge in [0.1, 0.15) is 0 Å². The highest BCUT2D eigenvalue weighted by atomic mass is 14.7. The first-order valence-corrected chi connectivity index (χ1v) is 5.88. The highest BCUT2D eigenvalue weighted by Crippen LogP contribution is 2.22. The Balaban J connectivity index is 2.55. The van der Waals surface area contributed by atoms with E-state index in [1.165, 1.54) is 6.20 Å². The topological polar surface area (TPSA) is 51.3 Å². The molecule has 2 aromatic rings. The fourth-order valence-corrected chi connectivity index (χ4v) is 1.82. The molecule has 1 heterocycles. The molecule has 0 amide bonds. The van der Waals surface area contributed by atoms with Crippen molar-refractivity contribution in [1.29, 1.82) is 0 Å². The van der Waals surface area contributed by atoms with Crippen LogP contribution in [0.1, 0.15) is 5.56 Å². The van der Waals surface area contributed by atoms with Crippen LogP contribution in [-0.2, 0) is 0 Å². The molecule has 0 saturated carbocycles. The summed E-state index contributed by atoms with van der Waals surface area (Å²) in [6.07, 6.45) is 4.92. The molecule has 0 aliphatic heterocycles. The van der Waals surface area contributed by atoms with E-state index in [0.29, 0.717) is 5.69 Å². The van der Waals surface area contributed by atoms with Crippen LogP contribution in [0.4, 0.5) is 5.69 Å². The summed E-state index contributed by atoms with van der Waals surface area (Å²) >= 11 is 0. The number of rotatable bonds is 4. The summed E-state index contributed by atoms with van der Waals surface area (Å²) in [5.41, 5.74) is 10.1. The van der Waals surface area contributed by atoms with E-state index >= 15 is 0 Å². The maximum Gasteiger partial charge on any atom is 0.0702 e. The Morgan fingerprint density at radius 2 is 2.05 bits per heavy atom. The van der Waals surface area contributed by atoms with Crippen LogP contribution < -0.4 is 5.73 Å². The van der Waals surface area contributed by atoms with E-state index < -0.39 is 0 Å². The first kappa shape index (κ1) is 12.8. The highest BCUT2D eigenvalue weighted by Gasteiger charge is 2.05. The molecule has 0 radical (unpaired) electrons. The maximum absolute atomic E-state index is 5.94. The van der Waals surface area contributed by atoms with Crippen molar-refractivity contribution in [3.63, 3.8) is 0 Å². The molecule has 0 aliphatic carbocycles. The molecule has 0 atom stereocenters. The number of aromatic nitrogens is 1. The second kappa shape index (κ2) is 5.78. The van der Waals surface area contributed by atoms with Crippen LogP contribution in [-0.4, -0.2) is 10.7 Å². The smallest absolute Gasteiger partial charge is 0.0702 e. The summed E-state index contributed by atoms with van der Waals surface area (Å²) in [5, 5.41) is 0. The van der Waals surface area contributed by atoms with Crippen LogP contribution in [0.2, 0.25) is 0 Å². The summed E-state index contributed by atoms with van der Waals surface area (Å²) < 4.78 is 0. The minimum atomic E-state index is 0.664. The van der Waals surface area contributed by atoms with Gasteiger partial charge in [0.15, 0.2) is 0 Å². The largest absolute Gasteiger partial charge is 0.399 e. The highest BCUT2D eigenvalue weighted by molar-refractivity contribution is 6.09. The standard InChI is InChI=1S/C16H15N3/c1-3-15(18-4-2)12-9-13(11-14(17)10-12)16-7-5-6-8-19-16/h3-11H,1-2,17H2. The molecule has 0 unspecified atom stereocenters. The molecule has 94 valence electrons. The number of anilines is 1. The van der Waals surface area contributed by atoms with Crippen LogP contribution >= 0.6 is 0 Å². The third-order valence-electron chi connectivity index (χ3n) is 2.64. The predicted molar refractivity (Wildman–Crippen MR) is 81.0 cm³/mol. The number of hydrogen-bond acceptors (Lipinski definition) is 3. The molecular weight excluding hydrogens is 234 g/mol. The van der Waals surface area contributed by atoms with Gasteiger partial charge >= 0.3 is 0 Å². The molecule has 0 fully saturated rings. The normalized spacial score (nSPS) is 11.1. The van der Waals surface area contributed by atoms with Gasteiger partial charge in [-0.25, -0.2) is 0 Å². The zero-order chi connectivity index (χ0) is 13.7. The van der Waals surface area contributed by atoms with Crippen molar-refractivity contribution in [3.8, 4) is 11.3 Å². The van der Waals surface area contributed by atoms with E-state index in [-0.39, 0.29) is 0 Å². The molecule has 19 heavy (non-hydrogen) atoms. The van der Waals surface area contributed by atoms with Crippen molar-refractivity contribution in [3.05, 3.63) is 73.6 Å². The predicted octanol–water partition coefficient (Wildman–Crippen LogP) is 3.45. The van der Waals surface area contributed by atoms with E-state index in [4.69, 9.17) is 5.73 Å². The van der Waals surface area contributed by atoms with Crippen LogP contribution in [0.3, 0.4) is 0 Å². The number of allylic oxidation sites excluding steroid dienone is 1. The minimum Gasteiger partial charge on any atom is -0.399 e. The summed E-state index contributed by atoms with van der Waals surface area (Å²) in [6.45, 7) is 7.35. The van der Waals surface area contributed by atoms with Crippen molar-refractivity contribution in [2.24, 2.45) is 4.99 Å². The maximum atomic E-state index is 5.94. The van der Waals surface area contributed by atoms with E-state index in [1.54, 1.807) is 12.3 Å². The lowest BCUT2D eigenvalue weighted by atomic mass is 10.0. The Morgan fingerprint density at radius 3 is 2.68 bits per heavy atom. The molecule has 0 bridgehead atoms. The lowest BCUT2D eigenvalue weighted by Gasteiger charge is -2.07. The third-order valence-corrected chi connectivity index (χ3v) is 2.64. The Morgan fingerprint density at radius 1 is 1.21 bits per heavy atom. The van der Waals surface area contributed by atoms with E-state index in [1.807, 2.05) is 36.4 Å². The first-order valence-electron chi connectivity index (χ1n) is 5.88. The van der Waals surface area contributed by atoms with Gasteiger partial charge in [0, 0.05) is 29.2 Å². The zero-order valence-electron chi connectivity index (χ0n) is 10.6. The minimum absolute atomic E-state index is 0.664. The molecule has 3 nitrogen and oxygen atoms in total. The lowest BCUT2D eigenvalue weighted by Crippen LogP contribution is -1.99. The summed E-state index contributed by atoms with van der Waals surface area (Å²) in [5.74, 6) is 0. The summed E-state index contributed by atoms with van der Waals surface area (Å²) in [6, 6.07) is 11.5. The van der Waals surface area contributed by atoms with Gasteiger partial charge in [-0.1, -0.05) is 19.2 Å². The van der Waals surface area contributed by atoms with Crippen molar-refractivity contribution in [1.82, 2.24) is 4.98 Å². The molecule has 1 aromatic carbocycles. The van der Waals surface area contributed by atoms with Gasteiger partial charge in [-0.15, -0.1) is 0 Å². The van der Waals surface area contributed by atoms with Crippen LogP contribution in [0.15, 0.2) is 73.0 Å². The number of benzene rings is 1. The van der Waals surface area contributed by atoms with Crippen LogP contribution in [0.5, 0.6) is 0 Å². The monoisotopic (exact) mass is 249 g/mol. The van der Waals surface area contributed by atoms with Gasteiger partial charge in [0.05, 0.1) is 11.4 Å². The molecule has 2 N–H and O–H groups in total. The number of nitrogens with two attached hydrogens (primary N) is 1. The molecule has 0 aliphatic rings. The van der Waals surface area contributed by atoms with Gasteiger partial charge in [-0.05, 0) is 36.4 Å². The van der Waals surface area contributed by atoms with E-state index in [2.05, 4.69) is 23.1 Å². The van der Waals surface area contributed by atoms with Crippen molar-refractivity contribution in [2.75, 3.05) is 5.73 Å². The van der Waals surface area contributed by atoms with Crippen LogP contribution in [0.25, 0.3) is 11.3 Å². The Labute approximate surface area is 112 Å². The molecular formula is C16H15N3. The number of pyridine rings is 1. The van der Waals surface area contributed by atoms with Gasteiger partial charge in [0.2, 0.25) is 0 Å². The van der Waals surface area contributed by atoms with Gasteiger partial charge in [-0.3, -0.25) is 9.98 Å². The number of hydrogen-bond donors (Lipinski definition) is 1. The summed E-state index contributed by atoms with van der Waals surface area (Å²) in [7, 11) is 0. The van der Waals surface area contributed by atoms with Crippen molar-refractivity contribution >= 4 is 11.4 Å². The average molecular weight is 249 g/mol. The van der Waals surface area contributed by atoms with Gasteiger partial charge in [0.25, 0.3) is 0 Å². The van der Waals surface area contributed by atoms with E-state index in [9.17, 15) is 0 Å². The summed E-state index contributed by atoms with van der Waals surface area (Å²) in [4.78, 5) is 8.50. The van der Waals surface area contributed by atoms with Crippen molar-refractivity contribution < 1.29 is 0 Å². The lowest BCUT2D eigenvalue weighted by molar-refractivity contribution is 1.32. The van der Waals surface area contributed by atoms with Gasteiger partial charge in [-0.2, -0.15) is 0 Å². The fourth-order valence-electron chi connectivity index (χ4n) is 1.82. The quantitative estimate of drug-likeness (QED) is 0.666. The molecule has 2 rings (SSSR count). The SMILES string of the molecule is C=CN=C(C=C)c1cc(N)cc(-c2ccccn2)c1.